The van der Waals surface area contributed by atoms with Gasteiger partial charge in [0.15, 0.2) is 0 Å². The van der Waals surface area contributed by atoms with Crippen LogP contribution in [0.3, 0.4) is 0 Å². The van der Waals surface area contributed by atoms with Crippen LogP contribution in [0.1, 0.15) is 52.6 Å². The number of imide groups is 2. The smallest absolute Gasteiger partial charge is 0.265 e. The molecule has 4 amide bonds. The Labute approximate surface area is 262 Å². The molecule has 2 aliphatic heterocycles. The molecule has 7 aromatic rings. The summed E-state index contributed by atoms with van der Waals surface area (Å²) >= 11 is 0. The fourth-order valence-corrected chi connectivity index (χ4v) is 7.12. The van der Waals surface area contributed by atoms with Crippen molar-refractivity contribution >= 4 is 78.1 Å². The minimum absolute atomic E-state index is 0. The van der Waals surface area contributed by atoms with Crippen LogP contribution in [0, 0.1) is 13.8 Å². The minimum Gasteiger partial charge on any atom is -0.412 e. The van der Waals surface area contributed by atoms with E-state index < -0.39 is 0 Å². The second-order valence-corrected chi connectivity index (χ2v) is 11.7. The maximum atomic E-state index is 13.9. The van der Waals surface area contributed by atoms with E-state index in [1.165, 1.54) is 9.80 Å². The molecule has 8 nitrogen and oxygen atoms in total. The van der Waals surface area contributed by atoms with Crippen molar-refractivity contribution in [3.63, 3.8) is 0 Å². The molecule has 7 aromatic carbocycles. The van der Waals surface area contributed by atoms with Gasteiger partial charge in [-0.2, -0.15) is 0 Å². The van der Waals surface area contributed by atoms with E-state index in [1.807, 2.05) is 62.4 Å². The molecule has 2 aliphatic rings. The molecule has 0 saturated heterocycles. The third-order valence-electron chi connectivity index (χ3n) is 9.22. The van der Waals surface area contributed by atoms with Gasteiger partial charge in [-0.05, 0) is 94.7 Å². The van der Waals surface area contributed by atoms with Crippen LogP contribution >= 0.6 is 0 Å². The van der Waals surface area contributed by atoms with Gasteiger partial charge in [-0.15, -0.1) is 0 Å². The molecule has 224 valence electrons. The van der Waals surface area contributed by atoms with Crippen molar-refractivity contribution < 1.29 is 30.1 Å². The van der Waals surface area contributed by atoms with E-state index in [9.17, 15) is 19.2 Å². The van der Waals surface area contributed by atoms with E-state index in [-0.39, 0.29) is 34.6 Å². The maximum absolute atomic E-state index is 13.9. The van der Waals surface area contributed by atoms with Gasteiger partial charge in [0, 0.05) is 33.0 Å². The number of amides is 4. The Morgan fingerprint density at radius 3 is 0.870 bits per heavy atom. The van der Waals surface area contributed by atoms with E-state index in [2.05, 4.69) is 0 Å². The zero-order valence-corrected chi connectivity index (χ0v) is 24.8. The summed E-state index contributed by atoms with van der Waals surface area (Å²) in [5.74, 6) is -1.45. The third-order valence-corrected chi connectivity index (χ3v) is 9.22. The Balaban J connectivity index is 0.00000169. The summed E-state index contributed by atoms with van der Waals surface area (Å²) in [4.78, 5) is 58.0. The largest absolute Gasteiger partial charge is 0.412 e. The van der Waals surface area contributed by atoms with E-state index in [4.69, 9.17) is 0 Å². The quantitative estimate of drug-likeness (QED) is 0.129. The fraction of sp³-hybridized carbons (Fsp3) is 0.0526. The zero-order valence-electron chi connectivity index (χ0n) is 24.8. The van der Waals surface area contributed by atoms with Crippen LogP contribution in [0.4, 0.5) is 11.4 Å². The number of nitrogens with zero attached hydrogens (tertiary/aromatic N) is 2. The average molecular weight is 607 g/mol. The summed E-state index contributed by atoms with van der Waals surface area (Å²) in [6, 6.07) is 29.5. The highest BCUT2D eigenvalue weighted by Crippen LogP contribution is 2.46. The monoisotopic (exact) mass is 606 g/mol. The van der Waals surface area contributed by atoms with Gasteiger partial charge in [-0.1, -0.05) is 59.7 Å². The van der Waals surface area contributed by atoms with Crippen LogP contribution in [0.2, 0.25) is 0 Å². The molecule has 46 heavy (non-hydrogen) atoms. The Bertz CT molecular complexity index is 2190. The summed E-state index contributed by atoms with van der Waals surface area (Å²) in [6.07, 6.45) is 0. The number of carbonyl (C=O) groups excluding carboxylic acids is 4. The first-order valence-corrected chi connectivity index (χ1v) is 14.4. The average Bonchev–Trinajstić information content (AvgIpc) is 3.03. The van der Waals surface area contributed by atoms with Crippen LogP contribution < -0.4 is 9.80 Å². The predicted octanol–water partition coefficient (Wildman–Crippen LogP) is 6.31. The molecular weight excluding hydrogens is 580 g/mol. The van der Waals surface area contributed by atoms with E-state index in [1.54, 1.807) is 48.5 Å². The number of rotatable bonds is 2. The molecule has 8 heteroatoms. The van der Waals surface area contributed by atoms with Gasteiger partial charge in [0.25, 0.3) is 23.6 Å². The second-order valence-electron chi connectivity index (χ2n) is 11.7. The topological polar surface area (TPSA) is 138 Å². The van der Waals surface area contributed by atoms with Gasteiger partial charge in [-0.25, -0.2) is 9.80 Å². The van der Waals surface area contributed by atoms with Crippen molar-refractivity contribution in [2.45, 2.75) is 13.8 Å². The van der Waals surface area contributed by atoms with Crippen molar-refractivity contribution in [3.05, 3.63) is 130 Å². The molecule has 2 heterocycles. The number of fused-ring (bicyclic) bond motifs is 2. The Hall–Kier alpha value is -5.96. The van der Waals surface area contributed by atoms with Crippen LogP contribution in [-0.2, 0) is 0 Å². The van der Waals surface area contributed by atoms with E-state index in [0.29, 0.717) is 44.4 Å². The highest BCUT2D eigenvalue weighted by Gasteiger charge is 2.37. The summed E-state index contributed by atoms with van der Waals surface area (Å²) < 4.78 is 0. The van der Waals surface area contributed by atoms with Gasteiger partial charge in [0.2, 0.25) is 0 Å². The molecular formula is C38H26N2O6. The maximum Gasteiger partial charge on any atom is 0.265 e. The molecule has 0 saturated carbocycles. The van der Waals surface area contributed by atoms with Crippen molar-refractivity contribution in [3.8, 4) is 0 Å². The van der Waals surface area contributed by atoms with Gasteiger partial charge in [0.1, 0.15) is 0 Å². The highest BCUT2D eigenvalue weighted by atomic mass is 16.2. The normalized spacial score (nSPS) is 14.0. The molecule has 0 fully saturated rings. The third kappa shape index (κ3) is 3.50. The lowest BCUT2D eigenvalue weighted by molar-refractivity contribution is 0.0877. The van der Waals surface area contributed by atoms with Crippen LogP contribution in [-0.4, -0.2) is 34.6 Å². The van der Waals surface area contributed by atoms with Crippen molar-refractivity contribution in [1.82, 2.24) is 0 Å². The minimum atomic E-state index is -0.363. The van der Waals surface area contributed by atoms with Crippen LogP contribution in [0.5, 0.6) is 0 Å². The number of benzene rings is 7. The number of anilines is 2. The Kier molecular flexibility index (Phi) is 6.11. The lowest BCUT2D eigenvalue weighted by atomic mass is 9.82. The Morgan fingerprint density at radius 1 is 0.348 bits per heavy atom. The number of carbonyl (C=O) groups is 4. The molecule has 0 radical (unpaired) electrons. The molecule has 0 spiro atoms. The summed E-state index contributed by atoms with van der Waals surface area (Å²) in [5, 5.41) is 6.38. The number of aryl methyl sites for hydroxylation is 2. The van der Waals surface area contributed by atoms with Crippen LogP contribution in [0.15, 0.2) is 97.1 Å². The molecule has 0 unspecified atom stereocenters. The summed E-state index contributed by atoms with van der Waals surface area (Å²) in [5.41, 5.74) is 5.00. The van der Waals surface area contributed by atoms with E-state index >= 15 is 0 Å². The Morgan fingerprint density at radius 2 is 0.609 bits per heavy atom. The van der Waals surface area contributed by atoms with Gasteiger partial charge >= 0.3 is 0 Å². The first kappa shape index (κ1) is 28.8. The van der Waals surface area contributed by atoms with Crippen molar-refractivity contribution in [1.29, 1.82) is 0 Å². The molecule has 0 bridgehead atoms. The van der Waals surface area contributed by atoms with Crippen molar-refractivity contribution in [2.75, 3.05) is 9.80 Å². The predicted molar refractivity (Wildman–Crippen MR) is 180 cm³/mol. The molecule has 4 N–H and O–H groups in total. The SMILES string of the molecule is Cc1ccc(N2C(=O)c3ccc4c5ccc6c7c(ccc(c8ccc(c3c48)C2=O)c75)C(=O)N(c2ccc(C)cc2)C6=O)cc1.O.O. The van der Waals surface area contributed by atoms with Gasteiger partial charge in [0.05, 0.1) is 11.4 Å². The molecule has 0 atom stereocenters. The first-order valence-electron chi connectivity index (χ1n) is 14.4. The second kappa shape index (κ2) is 9.77. The zero-order chi connectivity index (χ0) is 30.0. The summed E-state index contributed by atoms with van der Waals surface area (Å²) in [6.45, 7) is 3.92. The standard InChI is InChI=1S/C38H22N2O4.2H2O/c1-19-3-7-21(8-4-19)39-35(41)27-15-11-23-25-13-17-29-34-30(38(44)40(37(29)43)22-9-5-20(2)6-10-22)18-14-26(32(25)34)24-12-16-28(36(39)42)33(27)31(23)24;;/h3-18H,1-2H3;2*1H2. The first-order chi connectivity index (χ1) is 21.3. The number of hydrogen-bond acceptors (Lipinski definition) is 4. The van der Waals surface area contributed by atoms with Crippen molar-refractivity contribution in [2.24, 2.45) is 0 Å². The van der Waals surface area contributed by atoms with E-state index in [0.717, 1.165) is 43.4 Å². The fourth-order valence-electron chi connectivity index (χ4n) is 7.12. The summed E-state index contributed by atoms with van der Waals surface area (Å²) in [7, 11) is 0. The lowest BCUT2D eigenvalue weighted by Gasteiger charge is -2.30. The highest BCUT2D eigenvalue weighted by molar-refractivity contribution is 6.45. The number of hydrogen-bond donors (Lipinski definition) is 0. The molecule has 0 aromatic heterocycles. The molecule has 9 rings (SSSR count). The van der Waals surface area contributed by atoms with Gasteiger partial charge in [-0.3, -0.25) is 19.2 Å². The lowest BCUT2D eigenvalue weighted by Crippen LogP contribution is -2.40. The molecule has 0 aliphatic carbocycles. The van der Waals surface area contributed by atoms with Gasteiger partial charge < -0.3 is 11.0 Å². The van der Waals surface area contributed by atoms with Crippen LogP contribution in [0.25, 0.3) is 43.1 Å².